The Morgan fingerprint density at radius 2 is 2.00 bits per heavy atom. The van der Waals surface area contributed by atoms with Gasteiger partial charge in [-0.1, -0.05) is 31.5 Å². The largest absolute Gasteiger partial charge is 0.383 e. The summed E-state index contributed by atoms with van der Waals surface area (Å²) in [5.41, 5.74) is 2.30. The van der Waals surface area contributed by atoms with Crippen molar-refractivity contribution < 1.29 is 4.74 Å². The standard InChI is InChI=1S/C17H29ClN2O/c1-6-20(14(4)12-21-5)16-8-7-15(17(18)9-16)11-19-10-13(2)3/h7-9,13-14,19H,6,10-12H2,1-5H3. The van der Waals surface area contributed by atoms with Gasteiger partial charge >= 0.3 is 0 Å². The Hall–Kier alpha value is -0.770. The second-order valence-electron chi connectivity index (χ2n) is 5.89. The normalized spacial score (nSPS) is 12.7. The molecule has 0 heterocycles. The Labute approximate surface area is 134 Å². The van der Waals surface area contributed by atoms with Crippen molar-refractivity contribution in [2.24, 2.45) is 5.92 Å². The Kier molecular flexibility index (Phi) is 8.09. The monoisotopic (exact) mass is 312 g/mol. The summed E-state index contributed by atoms with van der Waals surface area (Å²) >= 11 is 6.43. The van der Waals surface area contributed by atoms with Crippen molar-refractivity contribution in [1.29, 1.82) is 0 Å². The van der Waals surface area contributed by atoms with Gasteiger partial charge in [-0.15, -0.1) is 0 Å². The number of hydrogen-bond donors (Lipinski definition) is 1. The number of hydrogen-bond acceptors (Lipinski definition) is 3. The van der Waals surface area contributed by atoms with Crippen LogP contribution in [-0.2, 0) is 11.3 Å². The highest BCUT2D eigenvalue weighted by Crippen LogP contribution is 2.25. The van der Waals surface area contributed by atoms with Crippen molar-refractivity contribution in [3.63, 3.8) is 0 Å². The van der Waals surface area contributed by atoms with E-state index in [1.165, 1.54) is 0 Å². The fourth-order valence-corrected chi connectivity index (χ4v) is 2.68. The van der Waals surface area contributed by atoms with E-state index < -0.39 is 0 Å². The number of ether oxygens (including phenoxy) is 1. The second kappa shape index (κ2) is 9.29. The van der Waals surface area contributed by atoms with Gasteiger partial charge in [0.2, 0.25) is 0 Å². The molecule has 1 atom stereocenters. The maximum Gasteiger partial charge on any atom is 0.0663 e. The van der Waals surface area contributed by atoms with Crippen molar-refractivity contribution in [2.45, 2.75) is 40.3 Å². The van der Waals surface area contributed by atoms with Gasteiger partial charge in [-0.05, 0) is 44.0 Å². The molecule has 1 aromatic carbocycles. The minimum absolute atomic E-state index is 0.334. The van der Waals surface area contributed by atoms with Gasteiger partial charge in [0.15, 0.2) is 0 Å². The third-order valence-electron chi connectivity index (χ3n) is 3.52. The van der Waals surface area contributed by atoms with Crippen LogP contribution >= 0.6 is 11.6 Å². The molecule has 0 spiro atoms. The number of rotatable bonds is 9. The molecular formula is C17H29ClN2O. The van der Waals surface area contributed by atoms with E-state index in [-0.39, 0.29) is 0 Å². The van der Waals surface area contributed by atoms with Crippen LogP contribution in [0.3, 0.4) is 0 Å². The van der Waals surface area contributed by atoms with E-state index in [1.54, 1.807) is 7.11 Å². The lowest BCUT2D eigenvalue weighted by Gasteiger charge is -2.30. The van der Waals surface area contributed by atoms with E-state index in [9.17, 15) is 0 Å². The molecule has 0 fully saturated rings. The first-order valence-electron chi connectivity index (χ1n) is 7.74. The van der Waals surface area contributed by atoms with Crippen LogP contribution in [0, 0.1) is 5.92 Å². The fraction of sp³-hybridized carbons (Fsp3) is 0.647. The zero-order valence-electron chi connectivity index (χ0n) is 13.9. The van der Waals surface area contributed by atoms with Gasteiger partial charge < -0.3 is 15.0 Å². The SMILES string of the molecule is CCN(c1ccc(CNCC(C)C)c(Cl)c1)C(C)COC. The molecule has 4 heteroatoms. The van der Waals surface area contributed by atoms with Gasteiger partial charge in [-0.25, -0.2) is 0 Å². The van der Waals surface area contributed by atoms with Crippen LogP contribution in [0.1, 0.15) is 33.3 Å². The van der Waals surface area contributed by atoms with Crippen molar-refractivity contribution in [1.82, 2.24) is 5.32 Å². The first-order chi connectivity index (χ1) is 9.99. The Balaban J connectivity index is 2.75. The summed E-state index contributed by atoms with van der Waals surface area (Å²) in [7, 11) is 1.74. The summed E-state index contributed by atoms with van der Waals surface area (Å²) < 4.78 is 5.25. The van der Waals surface area contributed by atoms with Crippen LogP contribution in [0.2, 0.25) is 5.02 Å². The van der Waals surface area contributed by atoms with Gasteiger partial charge in [0.25, 0.3) is 0 Å². The third-order valence-corrected chi connectivity index (χ3v) is 3.87. The van der Waals surface area contributed by atoms with Crippen molar-refractivity contribution in [2.75, 3.05) is 31.7 Å². The smallest absolute Gasteiger partial charge is 0.0663 e. The first-order valence-corrected chi connectivity index (χ1v) is 8.12. The van der Waals surface area contributed by atoms with Crippen LogP contribution in [0.4, 0.5) is 5.69 Å². The van der Waals surface area contributed by atoms with Gasteiger partial charge in [0.1, 0.15) is 0 Å². The van der Waals surface area contributed by atoms with Gasteiger partial charge in [-0.3, -0.25) is 0 Å². The van der Waals surface area contributed by atoms with E-state index in [2.05, 4.69) is 56.1 Å². The molecule has 1 unspecified atom stereocenters. The molecule has 120 valence electrons. The minimum atomic E-state index is 0.334. The van der Waals surface area contributed by atoms with E-state index in [0.717, 1.165) is 35.9 Å². The minimum Gasteiger partial charge on any atom is -0.383 e. The summed E-state index contributed by atoms with van der Waals surface area (Å²) in [6.45, 7) is 12.2. The van der Waals surface area contributed by atoms with Gasteiger partial charge in [0.05, 0.1) is 6.61 Å². The lowest BCUT2D eigenvalue weighted by Crippen LogP contribution is -2.36. The highest BCUT2D eigenvalue weighted by molar-refractivity contribution is 6.31. The van der Waals surface area contributed by atoms with Crippen LogP contribution < -0.4 is 10.2 Å². The van der Waals surface area contributed by atoms with Gasteiger partial charge in [0, 0.05) is 37.0 Å². The third kappa shape index (κ3) is 5.85. The molecule has 0 aliphatic rings. The molecule has 1 rings (SSSR count). The second-order valence-corrected chi connectivity index (χ2v) is 6.30. The molecule has 0 radical (unpaired) electrons. The quantitative estimate of drug-likeness (QED) is 0.747. The highest BCUT2D eigenvalue weighted by Gasteiger charge is 2.14. The summed E-state index contributed by atoms with van der Waals surface area (Å²) in [5.74, 6) is 0.647. The summed E-state index contributed by atoms with van der Waals surface area (Å²) in [5, 5.41) is 4.26. The van der Waals surface area contributed by atoms with Crippen LogP contribution in [0.5, 0.6) is 0 Å². The van der Waals surface area contributed by atoms with Crippen LogP contribution in [0.25, 0.3) is 0 Å². The highest BCUT2D eigenvalue weighted by atomic mass is 35.5. The Morgan fingerprint density at radius 1 is 1.29 bits per heavy atom. The van der Waals surface area contributed by atoms with Gasteiger partial charge in [-0.2, -0.15) is 0 Å². The molecule has 21 heavy (non-hydrogen) atoms. The van der Waals surface area contributed by atoms with Crippen LogP contribution in [-0.4, -0.2) is 32.8 Å². The number of methoxy groups -OCH3 is 1. The molecule has 0 saturated carbocycles. The van der Waals surface area contributed by atoms with Crippen molar-refractivity contribution in [3.05, 3.63) is 28.8 Å². The van der Waals surface area contributed by atoms with E-state index in [1.807, 2.05) is 0 Å². The lowest BCUT2D eigenvalue weighted by atomic mass is 10.1. The lowest BCUT2D eigenvalue weighted by molar-refractivity contribution is 0.182. The zero-order valence-corrected chi connectivity index (χ0v) is 14.7. The Bertz CT molecular complexity index is 423. The summed E-state index contributed by atoms with van der Waals surface area (Å²) in [6, 6.07) is 6.66. The number of likely N-dealkylation sites (N-methyl/N-ethyl adjacent to an activating group) is 1. The number of benzene rings is 1. The molecule has 1 N–H and O–H groups in total. The molecule has 0 saturated heterocycles. The maximum atomic E-state index is 6.43. The molecule has 0 aromatic heterocycles. The van der Waals surface area contributed by atoms with Crippen molar-refractivity contribution >= 4 is 17.3 Å². The predicted octanol–water partition coefficient (Wildman–Crippen LogP) is 3.95. The number of nitrogens with one attached hydrogen (secondary N) is 1. The topological polar surface area (TPSA) is 24.5 Å². The zero-order chi connectivity index (χ0) is 15.8. The van der Waals surface area contributed by atoms with E-state index in [4.69, 9.17) is 16.3 Å². The number of anilines is 1. The summed E-state index contributed by atoms with van der Waals surface area (Å²) in [6.07, 6.45) is 0. The predicted molar refractivity (Wildman–Crippen MR) is 92.4 cm³/mol. The average molecular weight is 313 g/mol. The number of halogens is 1. The average Bonchev–Trinajstić information content (AvgIpc) is 2.42. The number of nitrogens with zero attached hydrogens (tertiary/aromatic N) is 1. The summed E-state index contributed by atoms with van der Waals surface area (Å²) in [4.78, 5) is 2.31. The Morgan fingerprint density at radius 3 is 2.52 bits per heavy atom. The molecule has 0 bridgehead atoms. The first kappa shape index (κ1) is 18.3. The molecule has 0 amide bonds. The molecule has 1 aromatic rings. The van der Waals surface area contributed by atoms with E-state index in [0.29, 0.717) is 18.6 Å². The van der Waals surface area contributed by atoms with Crippen LogP contribution in [0.15, 0.2) is 18.2 Å². The fourth-order valence-electron chi connectivity index (χ4n) is 2.43. The molecule has 0 aliphatic carbocycles. The maximum absolute atomic E-state index is 6.43. The molecule has 3 nitrogen and oxygen atoms in total. The molecule has 0 aliphatic heterocycles. The van der Waals surface area contributed by atoms with E-state index >= 15 is 0 Å². The molecular weight excluding hydrogens is 284 g/mol. The van der Waals surface area contributed by atoms with Crippen molar-refractivity contribution in [3.8, 4) is 0 Å².